The number of ether oxygens (including phenoxy) is 3. The van der Waals surface area contributed by atoms with Gasteiger partial charge in [-0.05, 0) is 41.5 Å². The highest BCUT2D eigenvalue weighted by atomic mass is 16.5. The van der Waals surface area contributed by atoms with Crippen molar-refractivity contribution >= 4 is 17.9 Å². The van der Waals surface area contributed by atoms with Crippen LogP contribution in [-0.4, -0.2) is 37.7 Å². The molecular weight excluding hydrogens is 336 g/mol. The Morgan fingerprint density at radius 3 is 0.885 bits per heavy atom. The molecule has 0 radical (unpaired) electrons. The maximum Gasteiger partial charge on any atom is 0.330 e. The number of carbonyl (C=O) groups excluding carboxylic acids is 3. The molecule has 0 bridgehead atoms. The molecule has 26 heavy (non-hydrogen) atoms. The van der Waals surface area contributed by atoms with E-state index in [1.54, 1.807) is 59.8 Å². The van der Waals surface area contributed by atoms with Crippen LogP contribution >= 0.6 is 0 Å². The van der Waals surface area contributed by atoms with E-state index in [9.17, 15) is 14.4 Å². The second-order valence-corrected chi connectivity index (χ2v) is 3.76. The first kappa shape index (κ1) is 31.4. The lowest BCUT2D eigenvalue weighted by molar-refractivity contribution is -0.138. The molecule has 0 atom stereocenters. The Hall–Kier alpha value is -2.37. The summed E-state index contributed by atoms with van der Waals surface area (Å²) < 4.78 is 13.7. The largest absolute Gasteiger partial charge is 0.463 e. The zero-order valence-electron chi connectivity index (χ0n) is 17.5. The zero-order valence-corrected chi connectivity index (χ0v) is 17.5. The first-order valence-corrected chi connectivity index (χ1v) is 8.81. The molecule has 152 valence electrons. The van der Waals surface area contributed by atoms with Gasteiger partial charge in [0.1, 0.15) is 0 Å². The second kappa shape index (κ2) is 30.5. The van der Waals surface area contributed by atoms with E-state index >= 15 is 0 Å². The molecular formula is C20H36O6. The van der Waals surface area contributed by atoms with Gasteiger partial charge in [-0.3, -0.25) is 0 Å². The normalized spacial score (nSPS) is 9.23. The molecule has 0 aromatic carbocycles. The molecule has 0 unspecified atom stereocenters. The predicted octanol–water partition coefficient (Wildman–Crippen LogP) is 4.40. The first-order chi connectivity index (χ1) is 12.4. The molecule has 0 saturated heterocycles. The summed E-state index contributed by atoms with van der Waals surface area (Å²) in [6, 6.07) is 0. The van der Waals surface area contributed by atoms with Crippen molar-refractivity contribution in [2.24, 2.45) is 0 Å². The summed E-state index contributed by atoms with van der Waals surface area (Å²) in [7, 11) is 0. The minimum Gasteiger partial charge on any atom is -0.463 e. The summed E-state index contributed by atoms with van der Waals surface area (Å²) in [5.41, 5.74) is 0. The Morgan fingerprint density at radius 2 is 0.769 bits per heavy atom. The van der Waals surface area contributed by atoms with Crippen LogP contribution in [0.25, 0.3) is 0 Å². The van der Waals surface area contributed by atoms with Crippen molar-refractivity contribution in [2.75, 3.05) is 19.8 Å². The van der Waals surface area contributed by atoms with Crippen molar-refractivity contribution in [1.82, 2.24) is 0 Å². The standard InChI is InChI=1S/3C6H10O2.C2H6/c3*1-3-5-6(7)8-4-2;1-2/h3*3,5H,4H2,1-2H3;1-2H3/b3*5-3+;. The smallest absolute Gasteiger partial charge is 0.330 e. The van der Waals surface area contributed by atoms with E-state index in [0.717, 1.165) is 0 Å². The van der Waals surface area contributed by atoms with E-state index in [4.69, 9.17) is 0 Å². The van der Waals surface area contributed by atoms with E-state index in [0.29, 0.717) is 19.8 Å². The minimum absolute atomic E-state index is 0.269. The quantitative estimate of drug-likeness (QED) is 0.390. The van der Waals surface area contributed by atoms with E-state index in [2.05, 4.69) is 14.2 Å². The predicted molar refractivity (Wildman–Crippen MR) is 106 cm³/mol. The lowest BCUT2D eigenvalue weighted by atomic mass is 10.5. The van der Waals surface area contributed by atoms with Gasteiger partial charge in [-0.15, -0.1) is 0 Å². The highest BCUT2D eigenvalue weighted by molar-refractivity contribution is 5.82. The van der Waals surface area contributed by atoms with Crippen molar-refractivity contribution < 1.29 is 28.6 Å². The second-order valence-electron chi connectivity index (χ2n) is 3.76. The van der Waals surface area contributed by atoms with Gasteiger partial charge < -0.3 is 14.2 Å². The molecule has 0 aromatic rings. The summed E-state index contributed by atoms with van der Waals surface area (Å²) in [5.74, 6) is -0.806. The Bertz CT molecular complexity index is 347. The maximum absolute atomic E-state index is 10.3. The fourth-order valence-corrected chi connectivity index (χ4v) is 0.979. The molecule has 6 heteroatoms. The SMILES string of the molecule is C/C=C/C(=O)OCC.C/C=C/C(=O)OCC.C/C=C/C(=O)OCC.CC. The molecule has 0 rings (SSSR count). The minimum atomic E-state index is -0.269. The van der Waals surface area contributed by atoms with Crippen molar-refractivity contribution in [2.45, 2.75) is 55.4 Å². The van der Waals surface area contributed by atoms with E-state index in [1.807, 2.05) is 13.8 Å². The lowest BCUT2D eigenvalue weighted by Gasteiger charge is -1.91. The number of esters is 3. The number of rotatable bonds is 6. The molecule has 0 N–H and O–H groups in total. The van der Waals surface area contributed by atoms with Crippen molar-refractivity contribution in [3.63, 3.8) is 0 Å². The molecule has 0 spiro atoms. The highest BCUT2D eigenvalue weighted by Gasteiger charge is 1.89. The molecule has 0 amide bonds. The number of carbonyl (C=O) groups is 3. The topological polar surface area (TPSA) is 78.9 Å². The van der Waals surface area contributed by atoms with Gasteiger partial charge in [0, 0.05) is 18.2 Å². The van der Waals surface area contributed by atoms with Gasteiger partial charge in [-0.1, -0.05) is 32.1 Å². The van der Waals surface area contributed by atoms with Crippen LogP contribution < -0.4 is 0 Å². The number of allylic oxidation sites excluding steroid dienone is 3. The van der Waals surface area contributed by atoms with Gasteiger partial charge in [0.15, 0.2) is 0 Å². The third-order valence-corrected chi connectivity index (χ3v) is 1.77. The van der Waals surface area contributed by atoms with E-state index < -0.39 is 0 Å². The molecule has 0 aliphatic heterocycles. The van der Waals surface area contributed by atoms with Crippen LogP contribution in [0.3, 0.4) is 0 Å². The average molecular weight is 373 g/mol. The monoisotopic (exact) mass is 372 g/mol. The number of hydrogen-bond acceptors (Lipinski definition) is 6. The fourth-order valence-electron chi connectivity index (χ4n) is 0.979. The van der Waals surface area contributed by atoms with E-state index in [1.165, 1.54) is 18.2 Å². The van der Waals surface area contributed by atoms with Crippen LogP contribution in [0.5, 0.6) is 0 Å². The first-order valence-electron chi connectivity index (χ1n) is 8.81. The van der Waals surface area contributed by atoms with Gasteiger partial charge in [0.25, 0.3) is 0 Å². The summed E-state index contributed by atoms with van der Waals surface area (Å²) >= 11 is 0. The maximum atomic E-state index is 10.3. The van der Waals surface area contributed by atoms with Gasteiger partial charge in [-0.2, -0.15) is 0 Å². The van der Waals surface area contributed by atoms with Crippen LogP contribution in [-0.2, 0) is 28.6 Å². The number of hydrogen-bond donors (Lipinski definition) is 0. The third kappa shape index (κ3) is 37.7. The zero-order chi connectivity index (χ0) is 21.2. The third-order valence-electron chi connectivity index (χ3n) is 1.77. The fraction of sp³-hybridized carbons (Fsp3) is 0.550. The highest BCUT2D eigenvalue weighted by Crippen LogP contribution is 1.79. The molecule has 6 nitrogen and oxygen atoms in total. The molecule has 0 aromatic heterocycles. The average Bonchev–Trinajstić information content (AvgIpc) is 2.59. The van der Waals surface area contributed by atoms with Crippen LogP contribution in [0.2, 0.25) is 0 Å². The van der Waals surface area contributed by atoms with E-state index in [-0.39, 0.29) is 17.9 Å². The van der Waals surface area contributed by atoms with Crippen molar-refractivity contribution in [3.05, 3.63) is 36.5 Å². The van der Waals surface area contributed by atoms with Crippen molar-refractivity contribution in [1.29, 1.82) is 0 Å². The van der Waals surface area contributed by atoms with Gasteiger partial charge in [-0.25, -0.2) is 14.4 Å². The molecule has 0 saturated carbocycles. The molecule has 0 aliphatic rings. The molecule has 0 aliphatic carbocycles. The van der Waals surface area contributed by atoms with Gasteiger partial charge in [0.05, 0.1) is 19.8 Å². The van der Waals surface area contributed by atoms with Crippen molar-refractivity contribution in [3.8, 4) is 0 Å². The Labute approximate surface area is 158 Å². The Kier molecular flexibility index (Phi) is 36.8. The Morgan fingerprint density at radius 1 is 0.577 bits per heavy atom. The Balaban J connectivity index is -0.000000133. The van der Waals surface area contributed by atoms with Crippen LogP contribution in [0.4, 0.5) is 0 Å². The molecule has 0 fully saturated rings. The van der Waals surface area contributed by atoms with Gasteiger partial charge >= 0.3 is 17.9 Å². The summed E-state index contributed by atoms with van der Waals surface area (Å²) in [5, 5.41) is 0. The van der Waals surface area contributed by atoms with Gasteiger partial charge in [0.2, 0.25) is 0 Å². The van der Waals surface area contributed by atoms with Crippen LogP contribution in [0.15, 0.2) is 36.5 Å². The molecule has 0 heterocycles. The lowest BCUT2D eigenvalue weighted by Crippen LogP contribution is -1.98. The summed E-state index contributed by atoms with van der Waals surface area (Å²) in [6.07, 6.45) is 9.13. The summed E-state index contributed by atoms with van der Waals surface area (Å²) in [4.78, 5) is 31.0. The van der Waals surface area contributed by atoms with Crippen LogP contribution in [0.1, 0.15) is 55.4 Å². The van der Waals surface area contributed by atoms with Crippen LogP contribution in [0, 0.1) is 0 Å². The summed E-state index contributed by atoms with van der Waals surface area (Å²) in [6.45, 7) is 16.0.